The second-order valence-electron chi connectivity index (χ2n) is 5.15. The van der Waals surface area contributed by atoms with Crippen LogP contribution < -0.4 is 5.32 Å². The van der Waals surface area contributed by atoms with Crippen LogP contribution in [0.4, 0.5) is 5.13 Å². The number of carbonyl (C=O) groups is 1. The molecule has 0 aromatic carbocycles. The minimum absolute atomic E-state index is 0.310. The second kappa shape index (κ2) is 6.00. The molecule has 3 heterocycles. The molecule has 0 aliphatic rings. The maximum atomic E-state index is 12.2. The van der Waals surface area contributed by atoms with Gasteiger partial charge in [0.1, 0.15) is 11.3 Å². The molecule has 3 rings (SSSR count). The molecule has 3 aromatic heterocycles. The monoisotopic (exact) mass is 330 g/mol. The van der Waals surface area contributed by atoms with E-state index in [0.29, 0.717) is 17.4 Å². The van der Waals surface area contributed by atoms with Crippen LogP contribution in [0.3, 0.4) is 0 Å². The van der Waals surface area contributed by atoms with Crippen LogP contribution in [0.5, 0.6) is 0 Å². The third-order valence-corrected chi connectivity index (χ3v) is 4.62. The Hall–Kier alpha value is -2.41. The van der Waals surface area contributed by atoms with Gasteiger partial charge >= 0.3 is 5.97 Å². The Balaban J connectivity index is 2.19. The van der Waals surface area contributed by atoms with Gasteiger partial charge in [-0.15, -0.1) is 0 Å². The molecule has 0 aliphatic carbocycles. The number of hydrogen-bond acceptors (Lipinski definition) is 6. The van der Waals surface area contributed by atoms with Crippen LogP contribution in [0.2, 0.25) is 0 Å². The molecule has 0 unspecified atom stereocenters. The third-order valence-electron chi connectivity index (χ3n) is 3.55. The Bertz CT molecular complexity index is 882. The number of ether oxygens (including phenoxy) is 1. The Morgan fingerprint density at radius 1 is 1.39 bits per heavy atom. The van der Waals surface area contributed by atoms with E-state index in [1.54, 1.807) is 14.0 Å². The summed E-state index contributed by atoms with van der Waals surface area (Å²) < 4.78 is 7.13. The summed E-state index contributed by atoms with van der Waals surface area (Å²) in [6.45, 7) is 6.10. The van der Waals surface area contributed by atoms with Gasteiger partial charge in [-0.1, -0.05) is 11.3 Å². The first-order valence-corrected chi connectivity index (χ1v) is 8.18. The molecule has 23 heavy (non-hydrogen) atoms. The van der Waals surface area contributed by atoms with E-state index in [2.05, 4.69) is 10.3 Å². The van der Waals surface area contributed by atoms with Gasteiger partial charge in [0, 0.05) is 18.9 Å². The molecule has 0 fully saturated rings. The molecule has 3 aromatic rings. The Kier molecular flexibility index (Phi) is 4.04. The van der Waals surface area contributed by atoms with Crippen molar-refractivity contribution in [3.8, 4) is 10.6 Å². The van der Waals surface area contributed by atoms with Gasteiger partial charge in [-0.2, -0.15) is 0 Å². The maximum Gasteiger partial charge on any atom is 0.358 e. The van der Waals surface area contributed by atoms with Crippen LogP contribution in [-0.2, 0) is 4.74 Å². The van der Waals surface area contributed by atoms with Gasteiger partial charge in [0.2, 0.25) is 0 Å². The van der Waals surface area contributed by atoms with E-state index in [9.17, 15) is 4.79 Å². The Morgan fingerprint density at radius 2 is 2.17 bits per heavy atom. The number of thiazole rings is 1. The Labute approximate surface area is 138 Å². The van der Waals surface area contributed by atoms with Crippen LogP contribution in [0.15, 0.2) is 18.3 Å². The van der Waals surface area contributed by atoms with Crippen LogP contribution >= 0.6 is 11.3 Å². The van der Waals surface area contributed by atoms with Gasteiger partial charge in [0.05, 0.1) is 11.5 Å². The van der Waals surface area contributed by atoms with E-state index >= 15 is 0 Å². The summed E-state index contributed by atoms with van der Waals surface area (Å²) in [5, 5.41) is 3.64. The first-order chi connectivity index (χ1) is 11.0. The number of anilines is 1. The zero-order valence-corrected chi connectivity index (χ0v) is 14.3. The van der Waals surface area contributed by atoms with E-state index in [4.69, 9.17) is 9.72 Å². The zero-order chi connectivity index (χ0) is 16.6. The standard InChI is InChI=1S/C16H18N4O2S/c1-5-22-15(21)13-14(23-16(17-4)19-13)12-10(3)20-7-6-9(2)8-11(20)18-12/h6-8H,5H2,1-4H3,(H,17,19). The summed E-state index contributed by atoms with van der Waals surface area (Å²) in [5.74, 6) is -0.423. The van der Waals surface area contributed by atoms with E-state index in [1.165, 1.54) is 11.3 Å². The smallest absolute Gasteiger partial charge is 0.358 e. The molecule has 0 aliphatic heterocycles. The van der Waals surface area contributed by atoms with E-state index < -0.39 is 5.97 Å². The molecule has 0 amide bonds. The molecule has 0 radical (unpaired) electrons. The number of carbonyl (C=O) groups excluding carboxylic acids is 1. The fraction of sp³-hybridized carbons (Fsp3) is 0.312. The van der Waals surface area contributed by atoms with Crippen molar-refractivity contribution in [2.45, 2.75) is 20.8 Å². The van der Waals surface area contributed by atoms with Gasteiger partial charge in [-0.25, -0.2) is 14.8 Å². The van der Waals surface area contributed by atoms with Crippen LogP contribution in [0.25, 0.3) is 16.2 Å². The fourth-order valence-electron chi connectivity index (χ4n) is 2.41. The summed E-state index contributed by atoms with van der Waals surface area (Å²) in [7, 11) is 1.78. The predicted molar refractivity (Wildman–Crippen MR) is 91.3 cm³/mol. The normalized spacial score (nSPS) is 11.0. The number of nitrogens with zero attached hydrogens (tertiary/aromatic N) is 3. The summed E-state index contributed by atoms with van der Waals surface area (Å²) in [5.41, 5.74) is 4.03. The number of nitrogens with one attached hydrogen (secondary N) is 1. The number of rotatable bonds is 4. The number of pyridine rings is 1. The van der Waals surface area contributed by atoms with Crippen molar-refractivity contribution in [2.75, 3.05) is 19.0 Å². The first kappa shape index (κ1) is 15.5. The van der Waals surface area contributed by atoms with Crippen molar-refractivity contribution in [1.82, 2.24) is 14.4 Å². The maximum absolute atomic E-state index is 12.2. The molecular formula is C16H18N4O2S. The third kappa shape index (κ3) is 2.68. The minimum Gasteiger partial charge on any atom is -0.461 e. The van der Waals surface area contributed by atoms with Gasteiger partial charge < -0.3 is 14.5 Å². The summed E-state index contributed by atoms with van der Waals surface area (Å²) >= 11 is 1.40. The molecule has 6 nitrogen and oxygen atoms in total. The van der Waals surface area contributed by atoms with Crippen molar-refractivity contribution in [2.24, 2.45) is 0 Å². The highest BCUT2D eigenvalue weighted by atomic mass is 32.1. The quantitative estimate of drug-likeness (QED) is 0.743. The highest BCUT2D eigenvalue weighted by molar-refractivity contribution is 7.19. The number of aryl methyl sites for hydroxylation is 2. The minimum atomic E-state index is -0.423. The lowest BCUT2D eigenvalue weighted by molar-refractivity contribution is 0.0521. The van der Waals surface area contributed by atoms with Crippen molar-refractivity contribution in [1.29, 1.82) is 0 Å². The van der Waals surface area contributed by atoms with Gasteiger partial charge in [0.15, 0.2) is 10.8 Å². The second-order valence-corrected chi connectivity index (χ2v) is 6.14. The first-order valence-electron chi connectivity index (χ1n) is 7.36. The van der Waals surface area contributed by atoms with E-state index in [1.807, 2.05) is 36.6 Å². The molecule has 0 saturated carbocycles. The van der Waals surface area contributed by atoms with Crippen LogP contribution in [-0.4, -0.2) is 34.0 Å². The van der Waals surface area contributed by atoms with Crippen molar-refractivity contribution in [3.05, 3.63) is 35.3 Å². The lowest BCUT2D eigenvalue weighted by atomic mass is 10.2. The number of esters is 1. The molecule has 7 heteroatoms. The van der Waals surface area contributed by atoms with E-state index in [0.717, 1.165) is 27.5 Å². The van der Waals surface area contributed by atoms with Gasteiger partial charge in [-0.05, 0) is 38.5 Å². The highest BCUT2D eigenvalue weighted by Gasteiger charge is 2.24. The largest absolute Gasteiger partial charge is 0.461 e. The van der Waals surface area contributed by atoms with Gasteiger partial charge in [0.25, 0.3) is 0 Å². The van der Waals surface area contributed by atoms with E-state index in [-0.39, 0.29) is 0 Å². The summed E-state index contributed by atoms with van der Waals surface area (Å²) in [6, 6.07) is 4.05. The molecular weight excluding hydrogens is 312 g/mol. The number of hydrogen-bond donors (Lipinski definition) is 1. The van der Waals surface area contributed by atoms with Crippen molar-refractivity contribution < 1.29 is 9.53 Å². The number of fused-ring (bicyclic) bond motifs is 1. The van der Waals surface area contributed by atoms with Crippen molar-refractivity contribution in [3.63, 3.8) is 0 Å². The average molecular weight is 330 g/mol. The molecule has 1 N–H and O–H groups in total. The zero-order valence-electron chi connectivity index (χ0n) is 13.5. The summed E-state index contributed by atoms with van der Waals surface area (Å²) in [6.07, 6.45) is 1.99. The fourth-order valence-corrected chi connectivity index (χ4v) is 3.36. The summed E-state index contributed by atoms with van der Waals surface area (Å²) in [4.78, 5) is 22.0. The number of imidazole rings is 1. The van der Waals surface area contributed by atoms with Gasteiger partial charge in [-0.3, -0.25) is 0 Å². The molecule has 0 atom stereocenters. The lowest BCUT2D eigenvalue weighted by Gasteiger charge is -2.01. The average Bonchev–Trinajstić information content (AvgIpc) is 3.09. The van der Waals surface area contributed by atoms with Crippen molar-refractivity contribution >= 4 is 28.1 Å². The van der Waals surface area contributed by atoms with Crippen LogP contribution in [0.1, 0.15) is 28.7 Å². The molecule has 0 spiro atoms. The molecule has 120 valence electrons. The molecule has 0 bridgehead atoms. The highest BCUT2D eigenvalue weighted by Crippen LogP contribution is 2.35. The predicted octanol–water partition coefficient (Wildman–Crippen LogP) is 3.29. The van der Waals surface area contributed by atoms with Crippen LogP contribution in [0, 0.1) is 13.8 Å². The number of aromatic nitrogens is 3. The molecule has 0 saturated heterocycles. The lowest BCUT2D eigenvalue weighted by Crippen LogP contribution is -2.07. The topological polar surface area (TPSA) is 68.5 Å². The SMILES string of the molecule is CCOC(=O)c1nc(NC)sc1-c1nc2cc(C)ccn2c1C. The Morgan fingerprint density at radius 3 is 2.87 bits per heavy atom.